The molecule has 0 saturated carbocycles. The zero-order chi connectivity index (χ0) is 15.9. The molecule has 3 N–H and O–H groups in total. The molecule has 0 aliphatic carbocycles. The fourth-order valence-corrected chi connectivity index (χ4v) is 2.08. The molecule has 10 nitrogen and oxygen atoms in total. The quantitative estimate of drug-likeness (QED) is 0.276. The second-order valence-corrected chi connectivity index (χ2v) is 6.39. The third-order valence-corrected chi connectivity index (χ3v) is 3.23. The molecule has 0 aliphatic rings. The van der Waals surface area contributed by atoms with Crippen LogP contribution in [0.5, 0.6) is 0 Å². The van der Waals surface area contributed by atoms with Gasteiger partial charge in [-0.05, 0) is 13.0 Å². The minimum Gasteiger partial charge on any atom is -0.390 e. The fourth-order valence-electron chi connectivity index (χ4n) is 1.57. The Bertz CT molecular complexity index is 558. The summed E-state index contributed by atoms with van der Waals surface area (Å²) in [7, 11) is -3.17. The maximum Gasteiger partial charge on any atom is 0.306 e. The van der Waals surface area contributed by atoms with Crippen molar-refractivity contribution in [2.24, 2.45) is 0 Å². The number of hydrogen-bond donors (Lipinski definition) is 3. The average molecular weight is 321 g/mol. The van der Waals surface area contributed by atoms with Crippen LogP contribution in [0.3, 0.4) is 0 Å². The molecule has 1 unspecified atom stereocenters. The summed E-state index contributed by atoms with van der Waals surface area (Å²) in [4.78, 5) is 9.92. The summed E-state index contributed by atoms with van der Waals surface area (Å²) in [5.74, 6) is 0. The Morgan fingerprint density at radius 3 is 2.81 bits per heavy atom. The van der Waals surface area contributed by atoms with E-state index in [0.29, 0.717) is 19.5 Å². The Hall–Kier alpha value is -1.56. The molecule has 1 aromatic rings. The van der Waals surface area contributed by atoms with Crippen molar-refractivity contribution >= 4 is 15.7 Å². The molecular weight excluding hydrogens is 302 g/mol. The van der Waals surface area contributed by atoms with Gasteiger partial charge in [0.05, 0.1) is 23.8 Å². The van der Waals surface area contributed by atoms with Gasteiger partial charge in [-0.15, -0.1) is 0 Å². The molecule has 0 radical (unpaired) electrons. The van der Waals surface area contributed by atoms with E-state index in [1.807, 2.05) is 0 Å². The maximum atomic E-state index is 10.8. The maximum absolute atomic E-state index is 10.8. The molecule has 21 heavy (non-hydrogen) atoms. The van der Waals surface area contributed by atoms with Crippen molar-refractivity contribution in [3.05, 3.63) is 22.5 Å². The zero-order valence-electron chi connectivity index (χ0n) is 11.6. The van der Waals surface area contributed by atoms with Crippen LogP contribution in [0.2, 0.25) is 0 Å². The summed E-state index contributed by atoms with van der Waals surface area (Å²) in [6.07, 6.45) is 3.31. The molecule has 11 heteroatoms. The molecule has 0 saturated heterocycles. The molecule has 1 aromatic heterocycles. The van der Waals surface area contributed by atoms with E-state index in [2.05, 4.69) is 15.1 Å². The predicted octanol–water partition coefficient (Wildman–Crippen LogP) is -1.32. The van der Waals surface area contributed by atoms with Crippen LogP contribution in [0, 0.1) is 10.1 Å². The molecule has 0 amide bonds. The van der Waals surface area contributed by atoms with Crippen LogP contribution in [0.1, 0.15) is 6.42 Å². The Balaban J connectivity index is 2.16. The molecule has 0 aliphatic heterocycles. The van der Waals surface area contributed by atoms with E-state index in [1.54, 1.807) is 0 Å². The van der Waals surface area contributed by atoms with E-state index >= 15 is 0 Å². The van der Waals surface area contributed by atoms with Crippen molar-refractivity contribution in [2.75, 3.05) is 25.9 Å². The second kappa shape index (κ2) is 8.02. The lowest BCUT2D eigenvalue weighted by Gasteiger charge is -2.11. The van der Waals surface area contributed by atoms with E-state index in [9.17, 15) is 23.6 Å². The third kappa shape index (κ3) is 7.70. The summed E-state index contributed by atoms with van der Waals surface area (Å²) < 4.78 is 25.2. The Labute approximate surface area is 122 Å². The fraction of sp³-hybridized carbons (Fsp3) is 0.700. The average Bonchev–Trinajstić information content (AvgIpc) is 2.81. The van der Waals surface area contributed by atoms with Gasteiger partial charge in [-0.25, -0.2) is 13.1 Å². The summed E-state index contributed by atoms with van der Waals surface area (Å²) in [6, 6.07) is 0. The highest BCUT2D eigenvalue weighted by Crippen LogP contribution is 2.07. The molecule has 0 aromatic carbocycles. The van der Waals surface area contributed by atoms with Gasteiger partial charge in [0.2, 0.25) is 10.0 Å². The number of rotatable bonds is 10. The van der Waals surface area contributed by atoms with E-state index in [0.717, 1.165) is 12.5 Å². The van der Waals surface area contributed by atoms with Crippen LogP contribution >= 0.6 is 0 Å². The van der Waals surface area contributed by atoms with Crippen molar-refractivity contribution in [1.29, 1.82) is 0 Å². The number of aliphatic hydroxyl groups excluding tert-OH is 1. The number of nitrogens with one attached hydrogen (secondary N) is 2. The van der Waals surface area contributed by atoms with Gasteiger partial charge < -0.3 is 10.4 Å². The van der Waals surface area contributed by atoms with Crippen LogP contribution in [0.15, 0.2) is 12.4 Å². The molecule has 1 rings (SSSR count). The highest BCUT2D eigenvalue weighted by Gasteiger charge is 2.11. The second-order valence-electron chi connectivity index (χ2n) is 4.56. The van der Waals surface area contributed by atoms with Gasteiger partial charge in [-0.3, -0.25) is 14.8 Å². The smallest absolute Gasteiger partial charge is 0.306 e. The number of sulfonamides is 1. The predicted molar refractivity (Wildman–Crippen MR) is 75.2 cm³/mol. The largest absolute Gasteiger partial charge is 0.390 e. The van der Waals surface area contributed by atoms with E-state index < -0.39 is 21.1 Å². The summed E-state index contributed by atoms with van der Waals surface area (Å²) >= 11 is 0. The van der Waals surface area contributed by atoms with E-state index in [-0.39, 0.29) is 18.8 Å². The van der Waals surface area contributed by atoms with E-state index in [4.69, 9.17) is 0 Å². The third-order valence-electron chi connectivity index (χ3n) is 2.50. The number of nitro groups is 1. The van der Waals surface area contributed by atoms with Gasteiger partial charge in [-0.2, -0.15) is 5.10 Å². The number of aromatic nitrogens is 2. The minimum absolute atomic E-state index is 0.123. The summed E-state index contributed by atoms with van der Waals surface area (Å²) in [5.41, 5.74) is -0.123. The minimum atomic E-state index is -3.17. The first-order chi connectivity index (χ1) is 9.78. The molecule has 0 spiro atoms. The number of hydrogen-bond acceptors (Lipinski definition) is 7. The summed E-state index contributed by atoms with van der Waals surface area (Å²) in [5, 5.41) is 26.9. The van der Waals surface area contributed by atoms with E-state index in [1.165, 1.54) is 10.9 Å². The highest BCUT2D eigenvalue weighted by molar-refractivity contribution is 7.88. The lowest BCUT2D eigenvalue weighted by Crippen LogP contribution is -2.32. The van der Waals surface area contributed by atoms with Gasteiger partial charge in [-0.1, -0.05) is 0 Å². The van der Waals surface area contributed by atoms with Crippen LogP contribution in [0.25, 0.3) is 0 Å². The molecule has 0 fully saturated rings. The van der Waals surface area contributed by atoms with Gasteiger partial charge >= 0.3 is 5.69 Å². The van der Waals surface area contributed by atoms with Gasteiger partial charge in [0.15, 0.2) is 0 Å². The molecule has 0 bridgehead atoms. The Morgan fingerprint density at radius 1 is 1.52 bits per heavy atom. The highest BCUT2D eigenvalue weighted by atomic mass is 32.2. The van der Waals surface area contributed by atoms with Gasteiger partial charge in [0, 0.05) is 13.1 Å². The first-order valence-electron chi connectivity index (χ1n) is 6.28. The standard InChI is InChI=1S/C10H19N5O5S/c1-21(19,20)13-4-2-3-11-6-10(16)8-14-7-9(5-12-14)15(17)18/h5,7,10-11,13,16H,2-4,6,8H2,1H3. The van der Waals surface area contributed by atoms with Crippen molar-refractivity contribution in [1.82, 2.24) is 19.8 Å². The lowest BCUT2D eigenvalue weighted by molar-refractivity contribution is -0.385. The lowest BCUT2D eigenvalue weighted by atomic mass is 10.3. The molecular formula is C10H19N5O5S. The normalized spacial score (nSPS) is 13.2. The summed E-state index contributed by atoms with van der Waals surface area (Å²) in [6.45, 7) is 1.29. The van der Waals surface area contributed by atoms with Crippen LogP contribution in [-0.2, 0) is 16.6 Å². The zero-order valence-corrected chi connectivity index (χ0v) is 12.4. The van der Waals surface area contributed by atoms with Crippen molar-refractivity contribution in [3.8, 4) is 0 Å². The van der Waals surface area contributed by atoms with Crippen LogP contribution in [-0.4, -0.2) is 60.2 Å². The van der Waals surface area contributed by atoms with Crippen LogP contribution < -0.4 is 10.0 Å². The molecule has 1 heterocycles. The first kappa shape index (κ1) is 17.5. The molecule has 1 atom stereocenters. The topological polar surface area (TPSA) is 139 Å². The molecule has 120 valence electrons. The van der Waals surface area contributed by atoms with Crippen LogP contribution in [0.4, 0.5) is 5.69 Å². The first-order valence-corrected chi connectivity index (χ1v) is 8.17. The monoisotopic (exact) mass is 321 g/mol. The number of aliphatic hydroxyl groups is 1. The van der Waals surface area contributed by atoms with Crippen molar-refractivity contribution in [2.45, 2.75) is 19.1 Å². The number of nitrogens with zero attached hydrogens (tertiary/aromatic N) is 3. The Kier molecular flexibility index (Phi) is 6.68. The van der Waals surface area contributed by atoms with Crippen molar-refractivity contribution in [3.63, 3.8) is 0 Å². The van der Waals surface area contributed by atoms with Crippen molar-refractivity contribution < 1.29 is 18.4 Å². The SMILES string of the molecule is CS(=O)(=O)NCCCNCC(O)Cn1cc([N+](=O)[O-])cn1. The van der Waals surface area contributed by atoms with Gasteiger partial charge in [0.25, 0.3) is 0 Å². The Morgan fingerprint density at radius 2 is 2.24 bits per heavy atom. The van der Waals surface area contributed by atoms with Gasteiger partial charge in [0.1, 0.15) is 12.4 Å².